The zero-order valence-electron chi connectivity index (χ0n) is 17.1. The molecule has 1 unspecified atom stereocenters. The van der Waals surface area contributed by atoms with E-state index < -0.39 is 0 Å². The molecule has 9 heteroatoms. The number of fused-ring (bicyclic) bond motifs is 1. The van der Waals surface area contributed by atoms with Gasteiger partial charge in [0.15, 0.2) is 10.9 Å². The number of para-hydroxylation sites is 1. The van der Waals surface area contributed by atoms with Gasteiger partial charge in [0.2, 0.25) is 5.13 Å². The van der Waals surface area contributed by atoms with Gasteiger partial charge in [-0.15, -0.1) is 10.2 Å². The predicted octanol–water partition coefficient (Wildman–Crippen LogP) is 4.59. The molecule has 30 heavy (non-hydrogen) atoms. The molecule has 0 aliphatic carbocycles. The predicted molar refractivity (Wildman–Crippen MR) is 123 cm³/mol. The van der Waals surface area contributed by atoms with Gasteiger partial charge >= 0.3 is 0 Å². The normalized spacial score (nSPS) is 16.6. The summed E-state index contributed by atoms with van der Waals surface area (Å²) in [6.45, 7) is 5.20. The maximum absolute atomic E-state index is 12.3. The summed E-state index contributed by atoms with van der Waals surface area (Å²) < 4.78 is 6.67. The van der Waals surface area contributed by atoms with Crippen LogP contribution in [0.3, 0.4) is 0 Å². The van der Waals surface area contributed by atoms with E-state index in [1.807, 2.05) is 25.1 Å². The van der Waals surface area contributed by atoms with E-state index in [2.05, 4.69) is 39.5 Å². The van der Waals surface area contributed by atoms with Crippen LogP contribution in [0.5, 0.6) is 5.75 Å². The van der Waals surface area contributed by atoms with E-state index in [1.165, 1.54) is 30.6 Å². The molecule has 1 amide bonds. The number of rotatable bonds is 7. The molecule has 3 heterocycles. The number of ether oxygens (including phenoxy) is 1. The highest BCUT2D eigenvalue weighted by molar-refractivity contribution is 8.01. The number of hydrogen-bond acceptors (Lipinski definition) is 8. The average Bonchev–Trinajstić information content (AvgIpc) is 3.19. The Hall–Kier alpha value is -2.39. The molecule has 3 aromatic rings. The van der Waals surface area contributed by atoms with E-state index in [1.54, 1.807) is 11.8 Å². The number of carbonyl (C=O) groups is 1. The van der Waals surface area contributed by atoms with Gasteiger partial charge in [0.1, 0.15) is 17.1 Å². The Balaban J connectivity index is 1.46. The lowest BCUT2D eigenvalue weighted by Gasteiger charge is -2.34. The second-order valence-corrected chi connectivity index (χ2v) is 9.67. The Labute approximate surface area is 184 Å². The van der Waals surface area contributed by atoms with Crippen LogP contribution in [0, 0.1) is 0 Å². The van der Waals surface area contributed by atoms with Crippen LogP contribution in [0.25, 0.3) is 10.9 Å². The maximum Gasteiger partial charge on any atom is 0.264 e. The fourth-order valence-corrected chi connectivity index (χ4v) is 5.23. The molecule has 1 N–H and O–H groups in total. The summed E-state index contributed by atoms with van der Waals surface area (Å²) in [5.74, 6) is 2.22. The van der Waals surface area contributed by atoms with E-state index in [0.29, 0.717) is 16.9 Å². The summed E-state index contributed by atoms with van der Waals surface area (Å²) >= 11 is 2.96. The van der Waals surface area contributed by atoms with Gasteiger partial charge in [0, 0.05) is 18.0 Å². The Bertz CT molecular complexity index is 1030. The smallest absolute Gasteiger partial charge is 0.264 e. The van der Waals surface area contributed by atoms with Gasteiger partial charge in [-0.2, -0.15) is 0 Å². The largest absolute Gasteiger partial charge is 0.481 e. The Morgan fingerprint density at radius 3 is 3.03 bits per heavy atom. The molecule has 1 aliphatic heterocycles. The number of nitrogens with one attached hydrogen (secondary N) is 1. The maximum atomic E-state index is 12.3. The van der Waals surface area contributed by atoms with Crippen molar-refractivity contribution >= 4 is 50.9 Å². The van der Waals surface area contributed by atoms with Crippen LogP contribution < -0.4 is 15.0 Å². The molecule has 1 saturated heterocycles. The van der Waals surface area contributed by atoms with Crippen molar-refractivity contribution in [2.24, 2.45) is 0 Å². The summed E-state index contributed by atoms with van der Waals surface area (Å²) in [4.78, 5) is 19.5. The number of hydrogen-bond donors (Lipinski definition) is 1. The minimum atomic E-state index is -0.267. The molecule has 1 aliphatic rings. The van der Waals surface area contributed by atoms with E-state index >= 15 is 0 Å². The van der Waals surface area contributed by atoms with Crippen LogP contribution >= 0.6 is 23.1 Å². The van der Waals surface area contributed by atoms with Gasteiger partial charge in [0.25, 0.3) is 5.91 Å². The molecule has 1 aromatic carbocycles. The van der Waals surface area contributed by atoms with Crippen LogP contribution in [0.4, 0.5) is 10.9 Å². The number of anilines is 2. The third kappa shape index (κ3) is 4.84. The van der Waals surface area contributed by atoms with Crippen molar-refractivity contribution in [3.63, 3.8) is 0 Å². The molecule has 1 atom stereocenters. The summed E-state index contributed by atoms with van der Waals surface area (Å²) in [6, 6.07) is 10.4. The van der Waals surface area contributed by atoms with Gasteiger partial charge in [-0.25, -0.2) is 4.98 Å². The summed E-state index contributed by atoms with van der Waals surface area (Å²) in [7, 11) is 0. The first-order chi connectivity index (χ1) is 14.6. The zero-order chi connectivity index (χ0) is 20.9. The Kier molecular flexibility index (Phi) is 6.69. The molecule has 0 radical (unpaired) electrons. The van der Waals surface area contributed by atoms with E-state index in [-0.39, 0.29) is 12.5 Å². The minimum Gasteiger partial charge on any atom is -0.481 e. The molecule has 4 rings (SSSR count). The van der Waals surface area contributed by atoms with Gasteiger partial charge < -0.3 is 9.64 Å². The Morgan fingerprint density at radius 2 is 2.20 bits per heavy atom. The highest BCUT2D eigenvalue weighted by atomic mass is 32.2. The number of benzene rings is 1. The third-order valence-electron chi connectivity index (χ3n) is 5.05. The highest BCUT2D eigenvalue weighted by Crippen LogP contribution is 2.29. The van der Waals surface area contributed by atoms with Crippen LogP contribution in [0.15, 0.2) is 34.7 Å². The van der Waals surface area contributed by atoms with E-state index in [9.17, 15) is 4.79 Å². The van der Waals surface area contributed by atoms with Crippen molar-refractivity contribution in [3.05, 3.63) is 30.3 Å². The second kappa shape index (κ2) is 9.61. The lowest BCUT2D eigenvalue weighted by Crippen LogP contribution is -2.37. The Morgan fingerprint density at radius 1 is 1.30 bits per heavy atom. The standard InChI is InChI=1S/C21H25N5O2S2/c1-3-29-21-25-24-20(30-21)23-18(27)13-28-16-9-6-8-15-10-11-17(22-19(15)16)26-12-5-4-7-14(26)2/h6,8-11,14H,3-5,7,12-13H2,1-2H3,(H,23,24,27). The number of aromatic nitrogens is 3. The average molecular weight is 444 g/mol. The zero-order valence-corrected chi connectivity index (χ0v) is 18.8. The van der Waals surface area contributed by atoms with Crippen molar-refractivity contribution in [3.8, 4) is 5.75 Å². The lowest BCUT2D eigenvalue weighted by atomic mass is 10.0. The SMILES string of the molecule is CCSc1nnc(NC(=O)COc2cccc3ccc(N4CCCCC4C)nc23)s1. The molecular weight excluding hydrogens is 418 g/mol. The number of thioether (sulfide) groups is 1. The molecule has 1 fully saturated rings. The fraction of sp³-hybridized carbons (Fsp3) is 0.429. The lowest BCUT2D eigenvalue weighted by molar-refractivity contribution is -0.118. The van der Waals surface area contributed by atoms with Gasteiger partial charge in [0.05, 0.1) is 0 Å². The van der Waals surface area contributed by atoms with Crippen molar-refractivity contribution < 1.29 is 9.53 Å². The minimum absolute atomic E-state index is 0.110. The summed E-state index contributed by atoms with van der Waals surface area (Å²) in [6.07, 6.45) is 3.64. The number of piperidine rings is 1. The highest BCUT2D eigenvalue weighted by Gasteiger charge is 2.20. The van der Waals surface area contributed by atoms with E-state index in [4.69, 9.17) is 9.72 Å². The molecule has 158 valence electrons. The molecule has 7 nitrogen and oxygen atoms in total. The quantitative estimate of drug-likeness (QED) is 0.422. The van der Waals surface area contributed by atoms with Crippen LogP contribution in [0.2, 0.25) is 0 Å². The first-order valence-electron chi connectivity index (χ1n) is 10.2. The van der Waals surface area contributed by atoms with Crippen LogP contribution in [-0.2, 0) is 4.79 Å². The molecule has 0 bridgehead atoms. The molecule has 0 spiro atoms. The van der Waals surface area contributed by atoms with Crippen molar-refractivity contribution in [2.75, 3.05) is 29.1 Å². The molecule has 0 saturated carbocycles. The summed E-state index contributed by atoms with van der Waals surface area (Å²) in [5.41, 5.74) is 0.776. The van der Waals surface area contributed by atoms with E-state index in [0.717, 1.165) is 33.4 Å². The van der Waals surface area contributed by atoms with Crippen LogP contribution in [0.1, 0.15) is 33.1 Å². The van der Waals surface area contributed by atoms with Gasteiger partial charge in [-0.3, -0.25) is 10.1 Å². The third-order valence-corrected chi connectivity index (χ3v) is 6.90. The number of amides is 1. The number of carbonyl (C=O) groups excluding carboxylic acids is 1. The number of pyridine rings is 1. The first-order valence-corrected chi connectivity index (χ1v) is 12.0. The van der Waals surface area contributed by atoms with Crippen molar-refractivity contribution in [2.45, 2.75) is 43.5 Å². The first kappa shape index (κ1) is 20.9. The number of nitrogens with zero attached hydrogens (tertiary/aromatic N) is 4. The fourth-order valence-electron chi connectivity index (χ4n) is 3.57. The topological polar surface area (TPSA) is 80.2 Å². The van der Waals surface area contributed by atoms with Gasteiger partial charge in [-0.05, 0) is 50.1 Å². The van der Waals surface area contributed by atoms with Crippen molar-refractivity contribution in [1.82, 2.24) is 15.2 Å². The summed E-state index contributed by atoms with van der Waals surface area (Å²) in [5, 5.41) is 12.3. The molecule has 2 aromatic heterocycles. The van der Waals surface area contributed by atoms with Crippen molar-refractivity contribution in [1.29, 1.82) is 0 Å². The van der Waals surface area contributed by atoms with Gasteiger partial charge in [-0.1, -0.05) is 42.2 Å². The molecular formula is C21H25N5O2S2. The second-order valence-electron chi connectivity index (χ2n) is 7.18. The monoisotopic (exact) mass is 443 g/mol. The van der Waals surface area contributed by atoms with Crippen LogP contribution in [-0.4, -0.2) is 46.0 Å².